The Kier molecular flexibility index (Phi) is 6.79. The van der Waals surface area contributed by atoms with Crippen LogP contribution in [0.4, 0.5) is 0 Å². The van der Waals surface area contributed by atoms with Gasteiger partial charge in [0.2, 0.25) is 5.91 Å². The summed E-state index contributed by atoms with van der Waals surface area (Å²) in [6.07, 6.45) is 3.56. The van der Waals surface area contributed by atoms with Crippen molar-refractivity contribution in [3.8, 4) is 11.8 Å². The summed E-state index contributed by atoms with van der Waals surface area (Å²) in [7, 11) is 1.54. The maximum atomic E-state index is 12.0. The maximum Gasteiger partial charge on any atom is 0.252 e. The number of rotatable bonds is 5. The minimum Gasteiger partial charge on any atom is -0.395 e. The van der Waals surface area contributed by atoms with Crippen molar-refractivity contribution < 1.29 is 14.7 Å². The first-order chi connectivity index (χ1) is 9.69. The third-order valence-electron chi connectivity index (χ3n) is 2.44. The molecule has 1 aromatic rings. The van der Waals surface area contributed by atoms with E-state index in [2.05, 4.69) is 27.5 Å². The number of hydrogen-bond acceptors (Lipinski definition) is 4. The monoisotopic (exact) mass is 275 g/mol. The third-order valence-corrected chi connectivity index (χ3v) is 2.44. The summed E-state index contributed by atoms with van der Waals surface area (Å²) >= 11 is 0. The molecule has 0 aliphatic heterocycles. The molecule has 0 bridgehead atoms. The Balaban J connectivity index is 2.68. The quantitative estimate of drug-likeness (QED) is 0.642. The molecule has 106 valence electrons. The zero-order valence-corrected chi connectivity index (χ0v) is 11.3. The van der Waals surface area contributed by atoms with Crippen LogP contribution in [0.5, 0.6) is 0 Å². The predicted octanol–water partition coefficient (Wildman–Crippen LogP) is -0.319. The molecular formula is C14H17N3O3. The summed E-state index contributed by atoms with van der Waals surface area (Å²) in [5, 5.41) is 13.8. The summed E-state index contributed by atoms with van der Waals surface area (Å²) in [5.41, 5.74) is 0.903. The highest BCUT2D eigenvalue weighted by Gasteiger charge is 2.10. The summed E-state index contributed by atoms with van der Waals surface area (Å²) in [5.74, 6) is 5.10. The van der Waals surface area contributed by atoms with Gasteiger partial charge in [0.25, 0.3) is 5.91 Å². The molecule has 3 N–H and O–H groups in total. The number of amides is 2. The fourth-order valence-electron chi connectivity index (χ4n) is 1.42. The number of aliphatic hydroxyl groups is 1. The molecule has 0 saturated carbocycles. The van der Waals surface area contributed by atoms with E-state index in [-0.39, 0.29) is 31.4 Å². The van der Waals surface area contributed by atoms with Gasteiger partial charge in [-0.3, -0.25) is 14.6 Å². The number of hydrogen-bond donors (Lipinski definition) is 3. The Morgan fingerprint density at radius 2 is 2.25 bits per heavy atom. The van der Waals surface area contributed by atoms with Gasteiger partial charge < -0.3 is 15.7 Å². The van der Waals surface area contributed by atoms with Gasteiger partial charge in [-0.1, -0.05) is 11.8 Å². The molecule has 0 aliphatic carbocycles. The molecule has 6 nitrogen and oxygen atoms in total. The molecule has 0 aromatic carbocycles. The number of nitrogens with one attached hydrogen (secondary N) is 2. The molecule has 1 rings (SSSR count). The van der Waals surface area contributed by atoms with Crippen LogP contribution >= 0.6 is 0 Å². The smallest absolute Gasteiger partial charge is 0.252 e. The van der Waals surface area contributed by atoms with Gasteiger partial charge in [-0.25, -0.2) is 0 Å². The number of carbonyl (C=O) groups is 2. The van der Waals surface area contributed by atoms with Gasteiger partial charge in [0.05, 0.1) is 17.7 Å². The van der Waals surface area contributed by atoms with Gasteiger partial charge in [0, 0.05) is 38.8 Å². The standard InChI is InChI=1S/C14H17N3O3/c1-15-13(19)6-8-17-14(20)12-5-7-16-10-11(12)4-2-3-9-18/h5,7,10,18H,3,6,8-9H2,1H3,(H,15,19)(H,17,20). The van der Waals surface area contributed by atoms with E-state index in [1.54, 1.807) is 13.1 Å². The van der Waals surface area contributed by atoms with Gasteiger partial charge in [0.15, 0.2) is 0 Å². The Morgan fingerprint density at radius 1 is 1.45 bits per heavy atom. The Morgan fingerprint density at radius 3 is 2.95 bits per heavy atom. The van der Waals surface area contributed by atoms with Crippen LogP contribution in [0.3, 0.4) is 0 Å². The Labute approximate surface area is 117 Å². The van der Waals surface area contributed by atoms with E-state index >= 15 is 0 Å². The van der Waals surface area contributed by atoms with Crippen molar-refractivity contribution in [3.05, 3.63) is 29.6 Å². The van der Waals surface area contributed by atoms with E-state index in [9.17, 15) is 9.59 Å². The lowest BCUT2D eigenvalue weighted by molar-refractivity contribution is -0.120. The van der Waals surface area contributed by atoms with E-state index in [1.807, 2.05) is 0 Å². The van der Waals surface area contributed by atoms with Crippen molar-refractivity contribution in [1.82, 2.24) is 15.6 Å². The lowest BCUT2D eigenvalue weighted by atomic mass is 10.1. The molecule has 6 heteroatoms. The van der Waals surface area contributed by atoms with Gasteiger partial charge in [-0.05, 0) is 6.07 Å². The average Bonchev–Trinajstić information content (AvgIpc) is 2.47. The Hall–Kier alpha value is -2.39. The van der Waals surface area contributed by atoms with Crippen molar-refractivity contribution in [1.29, 1.82) is 0 Å². The van der Waals surface area contributed by atoms with Crippen LogP contribution in [0, 0.1) is 11.8 Å². The van der Waals surface area contributed by atoms with Crippen molar-refractivity contribution in [3.63, 3.8) is 0 Å². The number of nitrogens with zero attached hydrogens (tertiary/aromatic N) is 1. The minimum absolute atomic E-state index is 0.0269. The van der Waals surface area contributed by atoms with E-state index in [1.165, 1.54) is 12.4 Å². The molecule has 0 unspecified atom stereocenters. The molecular weight excluding hydrogens is 258 g/mol. The second kappa shape index (κ2) is 8.67. The van der Waals surface area contributed by atoms with Crippen molar-refractivity contribution in [2.75, 3.05) is 20.2 Å². The molecule has 1 aromatic heterocycles. The zero-order valence-electron chi connectivity index (χ0n) is 11.3. The van der Waals surface area contributed by atoms with Crippen LogP contribution in [-0.2, 0) is 4.79 Å². The lowest BCUT2D eigenvalue weighted by Crippen LogP contribution is -2.29. The van der Waals surface area contributed by atoms with Crippen LogP contribution in [0.1, 0.15) is 28.8 Å². The summed E-state index contributed by atoms with van der Waals surface area (Å²) in [4.78, 5) is 27.0. The zero-order chi connectivity index (χ0) is 14.8. The number of aliphatic hydroxyl groups excluding tert-OH is 1. The van der Waals surface area contributed by atoms with Gasteiger partial charge in [0.1, 0.15) is 0 Å². The molecule has 0 atom stereocenters. The first-order valence-corrected chi connectivity index (χ1v) is 6.21. The molecule has 2 amide bonds. The highest BCUT2D eigenvalue weighted by atomic mass is 16.2. The normalized spacial score (nSPS) is 9.30. The number of carbonyl (C=O) groups excluding carboxylic acids is 2. The second-order valence-corrected chi connectivity index (χ2v) is 3.88. The molecule has 0 radical (unpaired) electrons. The topological polar surface area (TPSA) is 91.3 Å². The molecule has 1 heterocycles. The first-order valence-electron chi connectivity index (χ1n) is 6.21. The molecule has 0 fully saturated rings. The SMILES string of the molecule is CNC(=O)CCNC(=O)c1ccncc1C#CCCO. The van der Waals surface area contributed by atoms with E-state index < -0.39 is 0 Å². The summed E-state index contributed by atoms with van der Waals surface area (Å²) < 4.78 is 0. The molecule has 0 aliphatic rings. The minimum atomic E-state index is -0.301. The number of aromatic nitrogens is 1. The average molecular weight is 275 g/mol. The molecule has 0 saturated heterocycles. The molecule has 0 spiro atoms. The van der Waals surface area contributed by atoms with E-state index in [0.29, 0.717) is 17.5 Å². The number of pyridine rings is 1. The van der Waals surface area contributed by atoms with Crippen molar-refractivity contribution in [2.45, 2.75) is 12.8 Å². The Bertz CT molecular complexity index is 532. The van der Waals surface area contributed by atoms with Gasteiger partial charge in [-0.2, -0.15) is 0 Å². The second-order valence-electron chi connectivity index (χ2n) is 3.88. The third kappa shape index (κ3) is 5.08. The fourth-order valence-corrected chi connectivity index (χ4v) is 1.42. The van der Waals surface area contributed by atoms with Gasteiger partial charge in [-0.15, -0.1) is 0 Å². The fraction of sp³-hybridized carbons (Fsp3) is 0.357. The van der Waals surface area contributed by atoms with Crippen LogP contribution in [0.2, 0.25) is 0 Å². The van der Waals surface area contributed by atoms with E-state index in [0.717, 1.165) is 0 Å². The van der Waals surface area contributed by atoms with Gasteiger partial charge >= 0.3 is 0 Å². The van der Waals surface area contributed by atoms with E-state index in [4.69, 9.17) is 5.11 Å². The van der Waals surface area contributed by atoms with Crippen LogP contribution in [-0.4, -0.2) is 42.1 Å². The van der Waals surface area contributed by atoms with Crippen molar-refractivity contribution >= 4 is 11.8 Å². The summed E-state index contributed by atoms with van der Waals surface area (Å²) in [6, 6.07) is 1.57. The van der Waals surface area contributed by atoms with Crippen LogP contribution in [0.15, 0.2) is 18.5 Å². The maximum absolute atomic E-state index is 12.0. The largest absolute Gasteiger partial charge is 0.395 e. The lowest BCUT2D eigenvalue weighted by Gasteiger charge is -2.06. The van der Waals surface area contributed by atoms with Crippen molar-refractivity contribution in [2.24, 2.45) is 0 Å². The molecule has 20 heavy (non-hydrogen) atoms. The highest BCUT2D eigenvalue weighted by molar-refractivity contribution is 5.96. The predicted molar refractivity (Wildman–Crippen MR) is 73.8 cm³/mol. The first kappa shape index (κ1) is 15.7. The van der Waals surface area contributed by atoms with Crippen LogP contribution in [0.25, 0.3) is 0 Å². The van der Waals surface area contributed by atoms with Crippen LogP contribution < -0.4 is 10.6 Å². The summed E-state index contributed by atoms with van der Waals surface area (Å²) in [6.45, 7) is 0.227. The highest BCUT2D eigenvalue weighted by Crippen LogP contribution is 2.05.